The Bertz CT molecular complexity index is 419. The maximum Gasteiger partial charge on any atom is 0.242 e. The van der Waals surface area contributed by atoms with Crippen LogP contribution >= 0.6 is 23.1 Å². The summed E-state index contributed by atoms with van der Waals surface area (Å²) in [5.41, 5.74) is 1.10. The molecule has 0 aliphatic carbocycles. The Labute approximate surface area is 108 Å². The Balaban J connectivity index is 2.23. The fraction of sp³-hybridized carbons (Fsp3) is 0.455. The van der Waals surface area contributed by atoms with Crippen molar-refractivity contribution < 1.29 is 9.59 Å². The van der Waals surface area contributed by atoms with Gasteiger partial charge in [-0.2, -0.15) is 11.3 Å². The normalized spacial score (nSPS) is 21.6. The molecule has 0 aromatic carbocycles. The lowest BCUT2D eigenvalue weighted by atomic mass is 10.2. The quantitative estimate of drug-likeness (QED) is 0.904. The van der Waals surface area contributed by atoms with Gasteiger partial charge >= 0.3 is 0 Å². The monoisotopic (exact) mass is 270 g/mol. The zero-order valence-electron chi connectivity index (χ0n) is 9.67. The first-order valence-electron chi connectivity index (χ1n) is 5.31. The summed E-state index contributed by atoms with van der Waals surface area (Å²) in [5.74, 6) is 0.352. The number of thiophene rings is 1. The van der Waals surface area contributed by atoms with E-state index in [0.29, 0.717) is 5.75 Å². The second-order valence-corrected chi connectivity index (χ2v) is 5.66. The molecule has 1 N–H and O–H groups in total. The first kappa shape index (κ1) is 12.4. The van der Waals surface area contributed by atoms with Crippen molar-refractivity contribution >= 4 is 34.9 Å². The molecule has 1 saturated heterocycles. The van der Waals surface area contributed by atoms with E-state index in [2.05, 4.69) is 5.32 Å². The molecule has 17 heavy (non-hydrogen) atoms. The summed E-state index contributed by atoms with van der Waals surface area (Å²) in [6, 6.07) is 1.58. The highest BCUT2D eigenvalue weighted by atomic mass is 32.2. The summed E-state index contributed by atoms with van der Waals surface area (Å²) < 4.78 is 0. The number of hydrogen-bond donors (Lipinski definition) is 1. The first-order valence-corrected chi connectivity index (χ1v) is 7.30. The number of nitrogens with zero attached hydrogens (tertiary/aromatic N) is 1. The van der Waals surface area contributed by atoms with Crippen molar-refractivity contribution in [1.82, 2.24) is 10.2 Å². The highest BCUT2D eigenvalue weighted by Crippen LogP contribution is 2.40. The number of nitrogens with one attached hydrogen (secondary N) is 1. The molecule has 1 aliphatic heterocycles. The maximum atomic E-state index is 11.9. The van der Waals surface area contributed by atoms with Crippen LogP contribution in [0.1, 0.15) is 17.9 Å². The molecule has 0 saturated carbocycles. The molecule has 1 aromatic heterocycles. The predicted octanol–water partition coefficient (Wildman–Crippen LogP) is 1.46. The van der Waals surface area contributed by atoms with Crippen LogP contribution in [0, 0.1) is 0 Å². The molecule has 92 valence electrons. The molecule has 1 fully saturated rings. The van der Waals surface area contributed by atoms with Crippen LogP contribution in [0.5, 0.6) is 0 Å². The maximum absolute atomic E-state index is 11.9. The fourth-order valence-corrected chi connectivity index (χ4v) is 3.88. The van der Waals surface area contributed by atoms with E-state index in [1.165, 1.54) is 0 Å². The minimum Gasteiger partial charge on any atom is -0.357 e. The molecule has 0 unspecified atom stereocenters. The van der Waals surface area contributed by atoms with E-state index in [0.717, 1.165) is 5.56 Å². The second kappa shape index (κ2) is 5.10. The average molecular weight is 270 g/mol. The van der Waals surface area contributed by atoms with Gasteiger partial charge in [0, 0.05) is 7.05 Å². The number of thioether (sulfide) groups is 1. The van der Waals surface area contributed by atoms with E-state index in [1.54, 1.807) is 42.0 Å². The summed E-state index contributed by atoms with van der Waals surface area (Å²) >= 11 is 3.18. The second-order valence-electron chi connectivity index (χ2n) is 3.81. The third-order valence-corrected chi connectivity index (χ3v) is 4.71. The molecule has 2 amide bonds. The fourth-order valence-electron chi connectivity index (χ4n) is 1.86. The summed E-state index contributed by atoms with van der Waals surface area (Å²) in [5, 5.41) is 6.58. The smallest absolute Gasteiger partial charge is 0.242 e. The lowest BCUT2D eigenvalue weighted by molar-refractivity contribution is -0.137. The first-order chi connectivity index (χ1) is 8.15. The van der Waals surface area contributed by atoms with Gasteiger partial charge in [0.2, 0.25) is 11.8 Å². The number of amides is 2. The Hall–Kier alpha value is -1.01. The van der Waals surface area contributed by atoms with Gasteiger partial charge in [-0.05, 0) is 29.3 Å². The van der Waals surface area contributed by atoms with Crippen LogP contribution < -0.4 is 5.32 Å². The van der Waals surface area contributed by atoms with Crippen molar-refractivity contribution in [1.29, 1.82) is 0 Å². The molecule has 1 aliphatic rings. The van der Waals surface area contributed by atoms with E-state index in [9.17, 15) is 9.59 Å². The molecular formula is C11H14N2O2S2. The summed E-state index contributed by atoms with van der Waals surface area (Å²) in [6.07, 6.45) is 0. The van der Waals surface area contributed by atoms with Crippen molar-refractivity contribution in [3.8, 4) is 0 Å². The van der Waals surface area contributed by atoms with E-state index >= 15 is 0 Å². The van der Waals surface area contributed by atoms with Gasteiger partial charge in [0.05, 0.1) is 5.75 Å². The molecule has 2 rings (SSSR count). The van der Waals surface area contributed by atoms with Gasteiger partial charge in [0.15, 0.2) is 0 Å². The number of hydrogen-bond acceptors (Lipinski definition) is 4. The minimum atomic E-state index is -0.424. The van der Waals surface area contributed by atoms with Crippen LogP contribution in [0.25, 0.3) is 0 Å². The van der Waals surface area contributed by atoms with Gasteiger partial charge in [-0.1, -0.05) is 0 Å². The highest BCUT2D eigenvalue weighted by Gasteiger charge is 2.38. The Morgan fingerprint density at radius 2 is 2.41 bits per heavy atom. The van der Waals surface area contributed by atoms with Crippen molar-refractivity contribution in [2.45, 2.75) is 18.3 Å². The Kier molecular flexibility index (Phi) is 3.73. The summed E-state index contributed by atoms with van der Waals surface area (Å²) in [7, 11) is 1.59. The molecule has 4 nitrogen and oxygen atoms in total. The molecule has 6 heteroatoms. The lowest BCUT2D eigenvalue weighted by Gasteiger charge is -2.28. The minimum absolute atomic E-state index is 0.0268. The molecule has 1 aromatic rings. The third kappa shape index (κ3) is 2.32. The van der Waals surface area contributed by atoms with Gasteiger partial charge in [-0.25, -0.2) is 0 Å². The van der Waals surface area contributed by atoms with Crippen LogP contribution in [-0.2, 0) is 9.59 Å². The van der Waals surface area contributed by atoms with Crippen molar-refractivity contribution in [2.24, 2.45) is 0 Å². The molecule has 0 radical (unpaired) electrons. The standard InChI is InChI=1S/C11H14N2O2S2/c1-7(10(15)12-2)13-9(14)6-17-11(13)8-3-4-16-5-8/h3-5,7,11H,6H2,1-2H3,(H,12,15)/t7-,11-/m0/s1. The lowest BCUT2D eigenvalue weighted by Crippen LogP contribution is -2.45. The number of carbonyl (C=O) groups excluding carboxylic acids is 2. The Morgan fingerprint density at radius 1 is 1.65 bits per heavy atom. The zero-order valence-corrected chi connectivity index (χ0v) is 11.3. The zero-order chi connectivity index (χ0) is 12.4. The summed E-state index contributed by atoms with van der Waals surface area (Å²) in [6.45, 7) is 1.77. The van der Waals surface area contributed by atoms with Crippen molar-refractivity contribution in [3.63, 3.8) is 0 Å². The summed E-state index contributed by atoms with van der Waals surface area (Å²) in [4.78, 5) is 25.2. The molecule has 0 spiro atoms. The van der Waals surface area contributed by atoms with E-state index in [-0.39, 0.29) is 17.2 Å². The van der Waals surface area contributed by atoms with Crippen LogP contribution in [0.4, 0.5) is 0 Å². The van der Waals surface area contributed by atoms with E-state index in [4.69, 9.17) is 0 Å². The van der Waals surface area contributed by atoms with Crippen LogP contribution in [0.15, 0.2) is 16.8 Å². The van der Waals surface area contributed by atoms with E-state index in [1.807, 2.05) is 16.8 Å². The van der Waals surface area contributed by atoms with Crippen molar-refractivity contribution in [3.05, 3.63) is 22.4 Å². The van der Waals surface area contributed by atoms with Crippen LogP contribution in [0.3, 0.4) is 0 Å². The largest absolute Gasteiger partial charge is 0.357 e. The van der Waals surface area contributed by atoms with Crippen LogP contribution in [0.2, 0.25) is 0 Å². The number of likely N-dealkylation sites (N-methyl/N-ethyl adjacent to an activating group) is 1. The third-order valence-electron chi connectivity index (χ3n) is 2.78. The number of rotatable bonds is 3. The molecule has 2 heterocycles. The Morgan fingerprint density at radius 3 is 3.00 bits per heavy atom. The SMILES string of the molecule is CNC(=O)[C@H](C)N1C(=O)CS[C@H]1c1ccsc1. The van der Waals surface area contributed by atoms with Crippen molar-refractivity contribution in [2.75, 3.05) is 12.8 Å². The van der Waals surface area contributed by atoms with Gasteiger partial charge < -0.3 is 10.2 Å². The van der Waals surface area contributed by atoms with Gasteiger partial charge in [-0.3, -0.25) is 9.59 Å². The average Bonchev–Trinajstić information content (AvgIpc) is 2.95. The number of carbonyl (C=O) groups is 2. The predicted molar refractivity (Wildman–Crippen MR) is 69.9 cm³/mol. The van der Waals surface area contributed by atoms with Gasteiger partial charge in [0.25, 0.3) is 0 Å². The van der Waals surface area contributed by atoms with Gasteiger partial charge in [0.1, 0.15) is 11.4 Å². The molecule has 2 atom stereocenters. The van der Waals surface area contributed by atoms with Crippen LogP contribution in [-0.4, -0.2) is 35.6 Å². The topological polar surface area (TPSA) is 49.4 Å². The molecular weight excluding hydrogens is 256 g/mol. The molecule has 0 bridgehead atoms. The van der Waals surface area contributed by atoms with Gasteiger partial charge in [-0.15, -0.1) is 11.8 Å². The highest BCUT2D eigenvalue weighted by molar-refractivity contribution is 8.00. The van der Waals surface area contributed by atoms with E-state index < -0.39 is 6.04 Å².